The Morgan fingerprint density at radius 3 is 2.38 bits per heavy atom. The van der Waals surface area contributed by atoms with E-state index in [1.807, 2.05) is 23.1 Å². The molecular formula is C20H22ClNO2. The second-order valence-electron chi connectivity index (χ2n) is 6.24. The number of benzene rings is 2. The molecule has 0 aromatic heterocycles. The molecule has 1 saturated heterocycles. The smallest absolute Gasteiger partial charge is 0.253 e. The number of rotatable bonds is 5. The van der Waals surface area contributed by atoms with E-state index >= 15 is 0 Å². The summed E-state index contributed by atoms with van der Waals surface area (Å²) < 4.78 is 5.83. The van der Waals surface area contributed by atoms with E-state index in [-0.39, 0.29) is 5.91 Å². The van der Waals surface area contributed by atoms with Crippen LogP contribution in [0.1, 0.15) is 28.8 Å². The van der Waals surface area contributed by atoms with E-state index in [9.17, 15) is 4.79 Å². The number of ether oxygens (including phenoxy) is 1. The van der Waals surface area contributed by atoms with E-state index in [4.69, 9.17) is 16.3 Å². The molecule has 2 aromatic rings. The summed E-state index contributed by atoms with van der Waals surface area (Å²) in [6.07, 6.45) is 1.99. The molecule has 126 valence electrons. The predicted octanol–water partition coefficient (Wildman–Crippen LogP) is 4.41. The number of carbonyl (C=O) groups excluding carboxylic acids is 1. The molecule has 1 heterocycles. The average molecular weight is 344 g/mol. The third kappa shape index (κ3) is 4.59. The van der Waals surface area contributed by atoms with Gasteiger partial charge in [-0.1, -0.05) is 41.9 Å². The second kappa shape index (κ2) is 8.32. The number of halogens is 1. The molecule has 0 aliphatic carbocycles. The Balaban J connectivity index is 1.42. The van der Waals surface area contributed by atoms with Crippen LogP contribution in [0.4, 0.5) is 0 Å². The zero-order chi connectivity index (χ0) is 16.8. The predicted molar refractivity (Wildman–Crippen MR) is 96.2 cm³/mol. The van der Waals surface area contributed by atoms with E-state index in [1.54, 1.807) is 24.3 Å². The van der Waals surface area contributed by atoms with Crippen LogP contribution in [0.2, 0.25) is 5.02 Å². The number of amides is 1. The molecule has 0 unspecified atom stereocenters. The van der Waals surface area contributed by atoms with Crippen molar-refractivity contribution in [2.45, 2.75) is 19.4 Å². The molecule has 1 fully saturated rings. The monoisotopic (exact) mass is 343 g/mol. The fraction of sp³-hybridized carbons (Fsp3) is 0.350. The van der Waals surface area contributed by atoms with Crippen LogP contribution in [0.5, 0.6) is 0 Å². The first-order valence-corrected chi connectivity index (χ1v) is 8.76. The maximum absolute atomic E-state index is 12.5. The zero-order valence-electron chi connectivity index (χ0n) is 13.7. The van der Waals surface area contributed by atoms with Crippen LogP contribution in [0.25, 0.3) is 0 Å². The summed E-state index contributed by atoms with van der Waals surface area (Å²) in [5, 5.41) is 0.654. The van der Waals surface area contributed by atoms with Crippen molar-refractivity contribution >= 4 is 17.5 Å². The van der Waals surface area contributed by atoms with Gasteiger partial charge in [-0.2, -0.15) is 0 Å². The van der Waals surface area contributed by atoms with Crippen molar-refractivity contribution in [3.05, 3.63) is 70.7 Å². The lowest BCUT2D eigenvalue weighted by Crippen LogP contribution is -2.39. The van der Waals surface area contributed by atoms with E-state index in [2.05, 4.69) is 12.1 Å². The lowest BCUT2D eigenvalue weighted by molar-refractivity contribution is 0.0478. The highest BCUT2D eigenvalue weighted by Crippen LogP contribution is 2.20. The third-order valence-electron chi connectivity index (χ3n) is 4.46. The van der Waals surface area contributed by atoms with Crippen molar-refractivity contribution in [2.24, 2.45) is 5.92 Å². The number of carbonyl (C=O) groups is 1. The summed E-state index contributed by atoms with van der Waals surface area (Å²) in [4.78, 5) is 14.4. The minimum Gasteiger partial charge on any atom is -0.376 e. The molecule has 0 saturated carbocycles. The minimum atomic E-state index is 0.0929. The van der Waals surface area contributed by atoms with Gasteiger partial charge in [-0.05, 0) is 48.6 Å². The van der Waals surface area contributed by atoms with Crippen LogP contribution in [0.3, 0.4) is 0 Å². The number of likely N-dealkylation sites (tertiary alicyclic amines) is 1. The first-order chi connectivity index (χ1) is 11.7. The molecule has 0 radical (unpaired) electrons. The Labute approximate surface area is 148 Å². The molecule has 1 aliphatic heterocycles. The molecule has 1 aliphatic rings. The zero-order valence-corrected chi connectivity index (χ0v) is 14.4. The van der Waals surface area contributed by atoms with Gasteiger partial charge >= 0.3 is 0 Å². The maximum atomic E-state index is 12.5. The molecule has 3 rings (SSSR count). The molecule has 0 N–H and O–H groups in total. The summed E-state index contributed by atoms with van der Waals surface area (Å²) in [7, 11) is 0. The van der Waals surface area contributed by atoms with Gasteiger partial charge in [0, 0.05) is 30.3 Å². The topological polar surface area (TPSA) is 29.5 Å². The molecule has 0 bridgehead atoms. The standard InChI is InChI=1S/C20H22ClNO2/c21-19-8-6-18(7-9-19)20(23)22-12-10-17(11-13-22)15-24-14-16-4-2-1-3-5-16/h1-9,17H,10-15H2. The highest BCUT2D eigenvalue weighted by molar-refractivity contribution is 6.30. The molecule has 0 spiro atoms. The van der Waals surface area contributed by atoms with Gasteiger partial charge in [-0.3, -0.25) is 4.79 Å². The van der Waals surface area contributed by atoms with Crippen molar-refractivity contribution in [1.82, 2.24) is 4.90 Å². The van der Waals surface area contributed by atoms with Crippen molar-refractivity contribution < 1.29 is 9.53 Å². The Kier molecular flexibility index (Phi) is 5.89. The van der Waals surface area contributed by atoms with E-state index in [1.165, 1.54) is 5.56 Å². The first kappa shape index (κ1) is 17.0. The highest BCUT2D eigenvalue weighted by atomic mass is 35.5. The quantitative estimate of drug-likeness (QED) is 0.804. The first-order valence-electron chi connectivity index (χ1n) is 8.39. The SMILES string of the molecule is O=C(c1ccc(Cl)cc1)N1CCC(COCc2ccccc2)CC1. The molecule has 24 heavy (non-hydrogen) atoms. The maximum Gasteiger partial charge on any atom is 0.253 e. The number of piperidine rings is 1. The summed E-state index contributed by atoms with van der Waals surface area (Å²) in [6, 6.07) is 17.3. The Hall–Kier alpha value is -1.84. The molecule has 0 atom stereocenters. The second-order valence-corrected chi connectivity index (χ2v) is 6.68. The van der Waals surface area contributed by atoms with Crippen molar-refractivity contribution in [1.29, 1.82) is 0 Å². The van der Waals surface area contributed by atoms with E-state index in [0.717, 1.165) is 32.5 Å². The van der Waals surface area contributed by atoms with Crippen molar-refractivity contribution in [2.75, 3.05) is 19.7 Å². The number of nitrogens with zero attached hydrogens (tertiary/aromatic N) is 1. The fourth-order valence-corrected chi connectivity index (χ4v) is 3.12. The van der Waals surface area contributed by atoms with Crippen LogP contribution in [-0.4, -0.2) is 30.5 Å². The molecule has 3 nitrogen and oxygen atoms in total. The summed E-state index contributed by atoms with van der Waals surface area (Å²) in [6.45, 7) is 3.00. The van der Waals surface area contributed by atoms with Crippen LogP contribution < -0.4 is 0 Å². The van der Waals surface area contributed by atoms with Crippen molar-refractivity contribution in [3.63, 3.8) is 0 Å². The molecular weight excluding hydrogens is 322 g/mol. The molecule has 1 amide bonds. The van der Waals surface area contributed by atoms with Gasteiger partial charge in [0.1, 0.15) is 0 Å². The normalized spacial score (nSPS) is 15.5. The third-order valence-corrected chi connectivity index (χ3v) is 4.71. The largest absolute Gasteiger partial charge is 0.376 e. The Bertz CT molecular complexity index is 649. The van der Waals surface area contributed by atoms with Gasteiger partial charge in [0.05, 0.1) is 6.61 Å². The summed E-state index contributed by atoms with van der Waals surface area (Å²) in [5.74, 6) is 0.623. The fourth-order valence-electron chi connectivity index (χ4n) is 3.00. The van der Waals surface area contributed by atoms with Gasteiger partial charge in [0.2, 0.25) is 0 Å². The van der Waals surface area contributed by atoms with Crippen LogP contribution >= 0.6 is 11.6 Å². The van der Waals surface area contributed by atoms with Crippen molar-refractivity contribution in [3.8, 4) is 0 Å². The number of hydrogen-bond donors (Lipinski definition) is 0. The molecule has 4 heteroatoms. The van der Waals surface area contributed by atoms with Gasteiger partial charge in [0.25, 0.3) is 5.91 Å². The van der Waals surface area contributed by atoms with Crippen LogP contribution in [0.15, 0.2) is 54.6 Å². The van der Waals surface area contributed by atoms with Gasteiger partial charge in [0.15, 0.2) is 0 Å². The lowest BCUT2D eigenvalue weighted by Gasteiger charge is -2.32. The molecule has 2 aromatic carbocycles. The van der Waals surface area contributed by atoms with Crippen LogP contribution in [0, 0.1) is 5.92 Å². The Morgan fingerprint density at radius 1 is 1.04 bits per heavy atom. The van der Waals surface area contributed by atoms with Crippen LogP contribution in [-0.2, 0) is 11.3 Å². The van der Waals surface area contributed by atoms with Gasteiger partial charge in [-0.15, -0.1) is 0 Å². The summed E-state index contributed by atoms with van der Waals surface area (Å²) in [5.41, 5.74) is 1.91. The van der Waals surface area contributed by atoms with Gasteiger partial charge < -0.3 is 9.64 Å². The Morgan fingerprint density at radius 2 is 1.71 bits per heavy atom. The summed E-state index contributed by atoms with van der Waals surface area (Å²) >= 11 is 5.88. The highest BCUT2D eigenvalue weighted by Gasteiger charge is 2.23. The average Bonchev–Trinajstić information content (AvgIpc) is 2.63. The number of hydrogen-bond acceptors (Lipinski definition) is 2. The lowest BCUT2D eigenvalue weighted by atomic mass is 9.97. The minimum absolute atomic E-state index is 0.0929. The van der Waals surface area contributed by atoms with E-state index < -0.39 is 0 Å². The van der Waals surface area contributed by atoms with E-state index in [0.29, 0.717) is 23.1 Å². The van der Waals surface area contributed by atoms with Gasteiger partial charge in [-0.25, -0.2) is 0 Å².